The Morgan fingerprint density at radius 1 is 1.29 bits per heavy atom. The predicted molar refractivity (Wildman–Crippen MR) is 81.6 cm³/mol. The fraction of sp³-hybridized carbons (Fsp3) is 0.467. The minimum Gasteiger partial charge on any atom is -0.480 e. The van der Waals surface area contributed by atoms with E-state index in [1.54, 1.807) is 32.9 Å². The Morgan fingerprint density at radius 3 is 2.33 bits per heavy atom. The highest BCUT2D eigenvalue weighted by Gasteiger charge is 2.32. The van der Waals surface area contributed by atoms with Crippen molar-refractivity contribution < 1.29 is 19.1 Å². The van der Waals surface area contributed by atoms with Gasteiger partial charge in [0, 0.05) is 5.75 Å². The van der Waals surface area contributed by atoms with Crippen molar-refractivity contribution in [2.24, 2.45) is 5.41 Å². The van der Waals surface area contributed by atoms with Gasteiger partial charge in [-0.05, 0) is 23.1 Å². The molecule has 116 valence electrons. The van der Waals surface area contributed by atoms with Gasteiger partial charge in [-0.15, -0.1) is 11.8 Å². The molecule has 0 aliphatic heterocycles. The van der Waals surface area contributed by atoms with Gasteiger partial charge >= 0.3 is 5.97 Å². The Hall–Kier alpha value is -1.56. The summed E-state index contributed by atoms with van der Waals surface area (Å²) in [5, 5.41) is 11.7. The fourth-order valence-electron chi connectivity index (χ4n) is 1.69. The average Bonchev–Trinajstić information content (AvgIpc) is 2.36. The molecule has 0 saturated carbocycles. The van der Waals surface area contributed by atoms with E-state index in [1.165, 1.54) is 23.9 Å². The number of hydrogen-bond acceptors (Lipinski definition) is 3. The molecule has 0 spiro atoms. The fourth-order valence-corrected chi connectivity index (χ4v) is 2.49. The maximum absolute atomic E-state index is 12.7. The van der Waals surface area contributed by atoms with E-state index in [2.05, 4.69) is 5.32 Å². The number of benzene rings is 1. The highest BCUT2D eigenvalue weighted by Crippen LogP contribution is 2.20. The Bertz CT molecular complexity index is 497. The third-order valence-corrected chi connectivity index (χ3v) is 3.84. The first-order valence-electron chi connectivity index (χ1n) is 6.54. The summed E-state index contributed by atoms with van der Waals surface area (Å²) in [7, 11) is 0. The van der Waals surface area contributed by atoms with Crippen molar-refractivity contribution in [2.45, 2.75) is 32.6 Å². The molecule has 1 rings (SSSR count). The van der Waals surface area contributed by atoms with E-state index in [4.69, 9.17) is 5.11 Å². The van der Waals surface area contributed by atoms with Gasteiger partial charge in [0.1, 0.15) is 11.9 Å². The first-order valence-corrected chi connectivity index (χ1v) is 7.70. The number of rotatable bonds is 6. The van der Waals surface area contributed by atoms with E-state index >= 15 is 0 Å². The van der Waals surface area contributed by atoms with Gasteiger partial charge in [-0.25, -0.2) is 9.18 Å². The largest absolute Gasteiger partial charge is 0.480 e. The van der Waals surface area contributed by atoms with Crippen LogP contribution in [0, 0.1) is 11.2 Å². The minimum absolute atomic E-state index is 0.164. The summed E-state index contributed by atoms with van der Waals surface area (Å²) in [6.07, 6.45) is 0. The third-order valence-electron chi connectivity index (χ3n) is 2.83. The van der Waals surface area contributed by atoms with Gasteiger partial charge in [-0.3, -0.25) is 4.79 Å². The normalized spacial score (nSPS) is 12.8. The Balaban J connectivity index is 2.43. The Morgan fingerprint density at radius 2 is 1.86 bits per heavy atom. The Labute approximate surface area is 128 Å². The van der Waals surface area contributed by atoms with Crippen molar-refractivity contribution in [3.8, 4) is 0 Å². The zero-order valence-electron chi connectivity index (χ0n) is 12.4. The van der Waals surface area contributed by atoms with Crippen molar-refractivity contribution in [1.29, 1.82) is 0 Å². The zero-order valence-corrected chi connectivity index (χ0v) is 13.2. The molecule has 0 aliphatic carbocycles. The molecule has 0 unspecified atom stereocenters. The van der Waals surface area contributed by atoms with Crippen LogP contribution < -0.4 is 5.32 Å². The predicted octanol–water partition coefficient (Wildman–Crippen LogP) is 2.67. The van der Waals surface area contributed by atoms with E-state index in [-0.39, 0.29) is 17.5 Å². The van der Waals surface area contributed by atoms with Crippen molar-refractivity contribution in [2.75, 3.05) is 5.75 Å². The topological polar surface area (TPSA) is 66.4 Å². The molecule has 0 aromatic heterocycles. The number of amides is 1. The maximum Gasteiger partial charge on any atom is 0.326 e. The second kappa shape index (κ2) is 7.45. The minimum atomic E-state index is -1.04. The number of aliphatic carboxylic acids is 1. The van der Waals surface area contributed by atoms with Crippen LogP contribution >= 0.6 is 11.8 Å². The van der Waals surface area contributed by atoms with E-state index in [9.17, 15) is 14.0 Å². The quantitative estimate of drug-likeness (QED) is 0.847. The van der Waals surface area contributed by atoms with Crippen LogP contribution in [-0.4, -0.2) is 28.8 Å². The molecule has 1 amide bonds. The number of carbonyl (C=O) groups is 2. The number of carboxylic acid groups (broad SMARTS) is 1. The zero-order chi connectivity index (χ0) is 16.0. The van der Waals surface area contributed by atoms with Gasteiger partial charge in [-0.1, -0.05) is 32.9 Å². The molecule has 0 saturated heterocycles. The number of halogens is 1. The molecule has 0 radical (unpaired) electrons. The van der Waals surface area contributed by atoms with Crippen LogP contribution in [0.5, 0.6) is 0 Å². The SMILES string of the molecule is CC(C)(C)[C@H](NC(=O)CSCc1ccc(F)cc1)C(=O)O. The lowest BCUT2D eigenvalue weighted by Crippen LogP contribution is -2.49. The summed E-state index contributed by atoms with van der Waals surface area (Å²) in [6, 6.07) is 5.15. The second-order valence-electron chi connectivity index (χ2n) is 5.82. The van der Waals surface area contributed by atoms with Gasteiger partial charge < -0.3 is 10.4 Å². The van der Waals surface area contributed by atoms with Crippen molar-refractivity contribution in [3.63, 3.8) is 0 Å². The summed E-state index contributed by atoms with van der Waals surface area (Å²) in [5.74, 6) is -0.919. The third kappa shape index (κ3) is 6.16. The van der Waals surface area contributed by atoms with Crippen LogP contribution in [0.1, 0.15) is 26.3 Å². The van der Waals surface area contributed by atoms with Crippen molar-refractivity contribution in [1.82, 2.24) is 5.32 Å². The van der Waals surface area contributed by atoms with Crippen LogP contribution in [-0.2, 0) is 15.3 Å². The molecule has 2 N–H and O–H groups in total. The number of carbonyl (C=O) groups excluding carboxylic acids is 1. The molecule has 1 aromatic rings. The second-order valence-corrected chi connectivity index (χ2v) is 6.81. The highest BCUT2D eigenvalue weighted by molar-refractivity contribution is 7.99. The smallest absolute Gasteiger partial charge is 0.326 e. The lowest BCUT2D eigenvalue weighted by Gasteiger charge is -2.27. The molecule has 21 heavy (non-hydrogen) atoms. The molecule has 0 bridgehead atoms. The summed E-state index contributed by atoms with van der Waals surface area (Å²) < 4.78 is 12.7. The average molecular weight is 313 g/mol. The highest BCUT2D eigenvalue weighted by atomic mass is 32.2. The standard InChI is InChI=1S/C15H20FNO3S/c1-15(2,3)13(14(19)20)17-12(18)9-21-8-10-4-6-11(16)7-5-10/h4-7,13H,8-9H2,1-3H3,(H,17,18)(H,19,20)/t13-/m1/s1. The van der Waals surface area contributed by atoms with Crippen LogP contribution in [0.2, 0.25) is 0 Å². The number of hydrogen-bond donors (Lipinski definition) is 2. The van der Waals surface area contributed by atoms with Gasteiger partial charge in [-0.2, -0.15) is 0 Å². The van der Waals surface area contributed by atoms with Crippen molar-refractivity contribution >= 4 is 23.6 Å². The molecule has 0 fully saturated rings. The lowest BCUT2D eigenvalue weighted by molar-refractivity contribution is -0.144. The van der Waals surface area contributed by atoms with Gasteiger partial charge in [0.25, 0.3) is 0 Å². The van der Waals surface area contributed by atoms with E-state index in [1.807, 2.05) is 0 Å². The summed E-state index contributed by atoms with van der Waals surface area (Å²) in [4.78, 5) is 22.9. The first-order chi connectivity index (χ1) is 9.70. The van der Waals surface area contributed by atoms with E-state index in [0.717, 1.165) is 5.56 Å². The molecule has 0 aliphatic rings. The molecule has 6 heteroatoms. The summed E-state index contributed by atoms with van der Waals surface area (Å²) >= 11 is 1.36. The monoisotopic (exact) mass is 313 g/mol. The van der Waals surface area contributed by atoms with Crippen LogP contribution in [0.15, 0.2) is 24.3 Å². The lowest BCUT2D eigenvalue weighted by atomic mass is 9.87. The van der Waals surface area contributed by atoms with Crippen molar-refractivity contribution in [3.05, 3.63) is 35.6 Å². The number of thioether (sulfide) groups is 1. The van der Waals surface area contributed by atoms with Gasteiger partial charge in [0.15, 0.2) is 0 Å². The molecular formula is C15H20FNO3S. The Kier molecular flexibility index (Phi) is 6.20. The first kappa shape index (κ1) is 17.5. The molecule has 1 aromatic carbocycles. The van der Waals surface area contributed by atoms with Crippen LogP contribution in [0.3, 0.4) is 0 Å². The molecule has 4 nitrogen and oxygen atoms in total. The number of carboxylic acids is 1. The summed E-state index contributed by atoms with van der Waals surface area (Å²) in [5.41, 5.74) is 0.364. The van der Waals surface area contributed by atoms with Crippen LogP contribution in [0.4, 0.5) is 4.39 Å². The molecule has 1 atom stereocenters. The molecular weight excluding hydrogens is 293 g/mol. The van der Waals surface area contributed by atoms with E-state index in [0.29, 0.717) is 5.75 Å². The van der Waals surface area contributed by atoms with Gasteiger partial charge in [0.2, 0.25) is 5.91 Å². The summed E-state index contributed by atoms with van der Waals surface area (Å²) in [6.45, 7) is 5.28. The van der Waals surface area contributed by atoms with Gasteiger partial charge in [0.05, 0.1) is 5.75 Å². The maximum atomic E-state index is 12.7. The van der Waals surface area contributed by atoms with Crippen LogP contribution in [0.25, 0.3) is 0 Å². The molecule has 0 heterocycles. The number of nitrogens with one attached hydrogen (secondary N) is 1. The van der Waals surface area contributed by atoms with E-state index < -0.39 is 17.4 Å².